The van der Waals surface area contributed by atoms with E-state index in [1.807, 2.05) is 13.0 Å². The third kappa shape index (κ3) is 4.90. The van der Waals surface area contributed by atoms with E-state index in [2.05, 4.69) is 10.6 Å². The smallest absolute Gasteiger partial charge is 0.275 e. The molecule has 1 aromatic rings. The van der Waals surface area contributed by atoms with Gasteiger partial charge in [-0.3, -0.25) is 10.1 Å². The van der Waals surface area contributed by atoms with Gasteiger partial charge in [-0.05, 0) is 32.2 Å². The van der Waals surface area contributed by atoms with Gasteiger partial charge >= 0.3 is 0 Å². The van der Waals surface area contributed by atoms with E-state index in [-0.39, 0.29) is 10.6 Å². The number of ether oxygens (including phenoxy) is 1. The minimum absolute atomic E-state index is 0.0603. The fraction of sp³-hybridized carbons (Fsp3) is 0.600. The normalized spacial score (nSPS) is 17.7. The van der Waals surface area contributed by atoms with E-state index < -0.39 is 0 Å². The van der Waals surface area contributed by atoms with Crippen LogP contribution in [0.15, 0.2) is 18.2 Å². The lowest BCUT2D eigenvalue weighted by atomic mass is 10.1. The molecule has 2 rings (SSSR count). The van der Waals surface area contributed by atoms with Crippen molar-refractivity contribution in [3.05, 3.63) is 28.3 Å². The fourth-order valence-corrected chi connectivity index (χ4v) is 2.49. The molecule has 0 amide bonds. The SMILES string of the molecule is CCCOc1cc(NCC[C@@H]2CCCN2)cc([N+](=O)[O-])c1. The van der Waals surface area contributed by atoms with Gasteiger partial charge in [0.25, 0.3) is 5.69 Å². The number of nitro groups is 1. The van der Waals surface area contributed by atoms with Crippen molar-refractivity contribution in [2.45, 2.75) is 38.6 Å². The van der Waals surface area contributed by atoms with Crippen LogP contribution in [-0.2, 0) is 0 Å². The van der Waals surface area contributed by atoms with E-state index >= 15 is 0 Å². The van der Waals surface area contributed by atoms with Gasteiger partial charge in [-0.15, -0.1) is 0 Å². The van der Waals surface area contributed by atoms with Crippen LogP contribution in [0.1, 0.15) is 32.6 Å². The third-order valence-electron chi connectivity index (χ3n) is 3.56. The van der Waals surface area contributed by atoms with E-state index in [1.54, 1.807) is 6.07 Å². The topological polar surface area (TPSA) is 76.4 Å². The van der Waals surface area contributed by atoms with E-state index in [9.17, 15) is 10.1 Å². The number of rotatable bonds is 8. The summed E-state index contributed by atoms with van der Waals surface area (Å²) in [7, 11) is 0. The molecule has 0 saturated carbocycles. The van der Waals surface area contributed by atoms with E-state index in [0.29, 0.717) is 18.4 Å². The first-order valence-electron chi connectivity index (χ1n) is 7.58. The molecule has 1 atom stereocenters. The molecule has 1 aromatic carbocycles. The lowest BCUT2D eigenvalue weighted by molar-refractivity contribution is -0.384. The molecule has 0 bridgehead atoms. The standard InChI is InChI=1S/C15H23N3O3/c1-2-8-21-15-10-13(9-14(11-15)18(19)20)17-7-5-12-4-3-6-16-12/h9-12,16-17H,2-8H2,1H3/t12-/m0/s1. The summed E-state index contributed by atoms with van der Waals surface area (Å²) < 4.78 is 5.51. The highest BCUT2D eigenvalue weighted by atomic mass is 16.6. The van der Waals surface area contributed by atoms with Gasteiger partial charge < -0.3 is 15.4 Å². The molecule has 2 N–H and O–H groups in total. The van der Waals surface area contributed by atoms with Gasteiger partial charge in [-0.25, -0.2) is 0 Å². The lowest BCUT2D eigenvalue weighted by Gasteiger charge is -2.12. The minimum Gasteiger partial charge on any atom is -0.493 e. The average molecular weight is 293 g/mol. The summed E-state index contributed by atoms with van der Waals surface area (Å²) in [6, 6.07) is 5.41. The lowest BCUT2D eigenvalue weighted by Crippen LogP contribution is -2.24. The molecule has 0 aliphatic carbocycles. The second-order valence-electron chi connectivity index (χ2n) is 5.33. The molecule has 1 saturated heterocycles. The molecule has 6 heteroatoms. The number of anilines is 1. The summed E-state index contributed by atoms with van der Waals surface area (Å²) in [4.78, 5) is 10.6. The molecule has 0 aromatic heterocycles. The Kier molecular flexibility index (Phi) is 5.80. The van der Waals surface area contributed by atoms with Gasteiger partial charge in [0.15, 0.2) is 0 Å². The maximum atomic E-state index is 11.0. The second kappa shape index (κ2) is 7.83. The van der Waals surface area contributed by atoms with Crippen molar-refractivity contribution in [1.82, 2.24) is 5.32 Å². The molecule has 1 aliphatic rings. The highest BCUT2D eigenvalue weighted by Gasteiger charge is 2.14. The van der Waals surface area contributed by atoms with Crippen molar-refractivity contribution in [3.8, 4) is 5.75 Å². The molecular formula is C15H23N3O3. The van der Waals surface area contributed by atoms with Crippen LogP contribution in [0, 0.1) is 10.1 Å². The molecule has 1 fully saturated rings. The molecule has 0 spiro atoms. The molecular weight excluding hydrogens is 270 g/mol. The van der Waals surface area contributed by atoms with Crippen molar-refractivity contribution < 1.29 is 9.66 Å². The Bertz CT molecular complexity index is 473. The van der Waals surface area contributed by atoms with Crippen LogP contribution in [0.25, 0.3) is 0 Å². The van der Waals surface area contributed by atoms with Gasteiger partial charge in [0.1, 0.15) is 5.75 Å². The summed E-state index contributed by atoms with van der Waals surface area (Å²) in [5, 5.41) is 17.7. The Morgan fingerprint density at radius 2 is 2.33 bits per heavy atom. The summed E-state index contributed by atoms with van der Waals surface area (Å²) in [5.41, 5.74) is 0.804. The summed E-state index contributed by atoms with van der Waals surface area (Å²) in [5.74, 6) is 0.549. The first-order valence-corrected chi connectivity index (χ1v) is 7.58. The predicted molar refractivity (Wildman–Crippen MR) is 83.0 cm³/mol. The number of hydrogen-bond donors (Lipinski definition) is 2. The zero-order valence-corrected chi connectivity index (χ0v) is 12.4. The van der Waals surface area contributed by atoms with Crippen LogP contribution in [-0.4, -0.2) is 30.7 Å². The second-order valence-corrected chi connectivity index (χ2v) is 5.33. The van der Waals surface area contributed by atoms with Crippen molar-refractivity contribution >= 4 is 11.4 Å². The largest absolute Gasteiger partial charge is 0.493 e. The maximum Gasteiger partial charge on any atom is 0.275 e. The molecule has 116 valence electrons. The van der Waals surface area contributed by atoms with Crippen LogP contribution in [0.2, 0.25) is 0 Å². The number of nitrogens with one attached hydrogen (secondary N) is 2. The monoisotopic (exact) mass is 293 g/mol. The van der Waals surface area contributed by atoms with Gasteiger partial charge in [0.2, 0.25) is 0 Å². The van der Waals surface area contributed by atoms with Crippen LogP contribution in [0.4, 0.5) is 11.4 Å². The van der Waals surface area contributed by atoms with Crippen molar-refractivity contribution in [3.63, 3.8) is 0 Å². The number of hydrogen-bond acceptors (Lipinski definition) is 5. The number of nitro benzene ring substituents is 1. The predicted octanol–water partition coefficient (Wildman–Crippen LogP) is 2.94. The van der Waals surface area contributed by atoms with E-state index in [0.717, 1.165) is 31.6 Å². The Balaban J connectivity index is 1.95. The summed E-state index contributed by atoms with van der Waals surface area (Å²) in [6.07, 6.45) is 4.34. The average Bonchev–Trinajstić information content (AvgIpc) is 2.98. The zero-order chi connectivity index (χ0) is 15.1. The summed E-state index contributed by atoms with van der Waals surface area (Å²) >= 11 is 0. The highest BCUT2D eigenvalue weighted by Crippen LogP contribution is 2.26. The molecule has 6 nitrogen and oxygen atoms in total. The van der Waals surface area contributed by atoms with Crippen molar-refractivity contribution in [2.75, 3.05) is 25.0 Å². The minimum atomic E-state index is -0.386. The van der Waals surface area contributed by atoms with Crippen molar-refractivity contribution in [1.29, 1.82) is 0 Å². The Morgan fingerprint density at radius 3 is 3.00 bits per heavy atom. The van der Waals surface area contributed by atoms with E-state index in [1.165, 1.54) is 18.9 Å². The zero-order valence-electron chi connectivity index (χ0n) is 12.4. The van der Waals surface area contributed by atoms with Crippen LogP contribution >= 0.6 is 0 Å². The Hall–Kier alpha value is -1.82. The number of nitrogens with zero attached hydrogens (tertiary/aromatic N) is 1. The summed E-state index contributed by atoms with van der Waals surface area (Å²) in [6.45, 7) is 4.46. The third-order valence-corrected chi connectivity index (χ3v) is 3.56. The number of benzene rings is 1. The molecule has 1 aliphatic heterocycles. The maximum absolute atomic E-state index is 11.0. The molecule has 0 radical (unpaired) electrons. The first kappa shape index (κ1) is 15.6. The number of non-ortho nitro benzene ring substituents is 1. The Labute approximate surface area is 125 Å². The van der Waals surface area contributed by atoms with Gasteiger partial charge in [-0.1, -0.05) is 6.92 Å². The molecule has 0 unspecified atom stereocenters. The Morgan fingerprint density at radius 1 is 1.48 bits per heavy atom. The molecule has 21 heavy (non-hydrogen) atoms. The first-order chi connectivity index (χ1) is 10.2. The van der Waals surface area contributed by atoms with E-state index in [4.69, 9.17) is 4.74 Å². The van der Waals surface area contributed by atoms with Gasteiger partial charge in [-0.2, -0.15) is 0 Å². The van der Waals surface area contributed by atoms with Crippen LogP contribution < -0.4 is 15.4 Å². The van der Waals surface area contributed by atoms with Crippen molar-refractivity contribution in [2.24, 2.45) is 0 Å². The van der Waals surface area contributed by atoms with Gasteiger partial charge in [0.05, 0.1) is 17.6 Å². The van der Waals surface area contributed by atoms with Crippen LogP contribution in [0.3, 0.4) is 0 Å². The van der Waals surface area contributed by atoms with Gasteiger partial charge in [0, 0.05) is 30.4 Å². The quantitative estimate of drug-likeness (QED) is 0.569. The molecule has 1 heterocycles. The van der Waals surface area contributed by atoms with Crippen LogP contribution in [0.5, 0.6) is 5.75 Å². The fourth-order valence-electron chi connectivity index (χ4n) is 2.49. The highest BCUT2D eigenvalue weighted by molar-refractivity contribution is 5.56.